The van der Waals surface area contributed by atoms with E-state index in [1.807, 2.05) is 0 Å². The van der Waals surface area contributed by atoms with E-state index in [9.17, 15) is 8.42 Å². The SMILES string of the molecule is COc1ccc(Cl)cc1S(=O)(=O)NCCN1CCOCC1. The molecule has 1 aliphatic rings. The van der Waals surface area contributed by atoms with E-state index in [0.717, 1.165) is 13.1 Å². The van der Waals surface area contributed by atoms with Crippen LogP contribution >= 0.6 is 11.6 Å². The Morgan fingerprint density at radius 1 is 1.38 bits per heavy atom. The van der Waals surface area contributed by atoms with Crippen molar-refractivity contribution in [3.8, 4) is 5.75 Å². The van der Waals surface area contributed by atoms with Gasteiger partial charge in [-0.25, -0.2) is 13.1 Å². The Morgan fingerprint density at radius 3 is 2.76 bits per heavy atom. The Bertz CT molecular complexity index is 574. The zero-order valence-corrected chi connectivity index (χ0v) is 13.4. The summed E-state index contributed by atoms with van der Waals surface area (Å²) in [5, 5.41) is 0.351. The molecule has 0 aromatic heterocycles. The molecule has 2 rings (SSSR count). The van der Waals surface area contributed by atoms with Gasteiger partial charge in [0, 0.05) is 31.2 Å². The lowest BCUT2D eigenvalue weighted by molar-refractivity contribution is 0.0390. The minimum Gasteiger partial charge on any atom is -0.495 e. The van der Waals surface area contributed by atoms with E-state index >= 15 is 0 Å². The number of nitrogens with one attached hydrogen (secondary N) is 1. The number of rotatable bonds is 6. The standard InChI is InChI=1S/C13H19ClN2O4S/c1-19-12-3-2-11(14)10-13(12)21(17,18)15-4-5-16-6-8-20-9-7-16/h2-3,10,15H,4-9H2,1H3. The van der Waals surface area contributed by atoms with Crippen molar-refractivity contribution in [2.45, 2.75) is 4.90 Å². The van der Waals surface area contributed by atoms with Crippen LogP contribution in [0.5, 0.6) is 5.75 Å². The van der Waals surface area contributed by atoms with Crippen molar-refractivity contribution in [2.75, 3.05) is 46.5 Å². The number of hydrogen-bond acceptors (Lipinski definition) is 5. The fraction of sp³-hybridized carbons (Fsp3) is 0.538. The first kappa shape index (κ1) is 16.5. The first-order valence-electron chi connectivity index (χ1n) is 6.66. The average molecular weight is 335 g/mol. The number of morpholine rings is 1. The Morgan fingerprint density at radius 2 is 2.10 bits per heavy atom. The predicted molar refractivity (Wildman–Crippen MR) is 80.5 cm³/mol. The second kappa shape index (κ2) is 7.42. The van der Waals surface area contributed by atoms with Crippen LogP contribution in [0.3, 0.4) is 0 Å². The van der Waals surface area contributed by atoms with Gasteiger partial charge in [-0.15, -0.1) is 0 Å². The van der Waals surface area contributed by atoms with Crippen molar-refractivity contribution in [3.63, 3.8) is 0 Å². The number of nitrogens with zero attached hydrogens (tertiary/aromatic N) is 1. The predicted octanol–water partition coefficient (Wildman–Crippen LogP) is 0.959. The van der Waals surface area contributed by atoms with Crippen LogP contribution in [0.4, 0.5) is 0 Å². The summed E-state index contributed by atoms with van der Waals surface area (Å²) in [6.07, 6.45) is 0. The third kappa shape index (κ3) is 4.55. The highest BCUT2D eigenvalue weighted by molar-refractivity contribution is 7.89. The summed E-state index contributed by atoms with van der Waals surface area (Å²) < 4.78 is 37.5. The summed E-state index contributed by atoms with van der Waals surface area (Å²) >= 11 is 5.87. The summed E-state index contributed by atoms with van der Waals surface area (Å²) in [6.45, 7) is 4.00. The quantitative estimate of drug-likeness (QED) is 0.839. The van der Waals surface area contributed by atoms with Crippen LogP contribution in [0, 0.1) is 0 Å². The van der Waals surface area contributed by atoms with E-state index in [-0.39, 0.29) is 10.6 Å². The highest BCUT2D eigenvalue weighted by Gasteiger charge is 2.20. The molecule has 1 fully saturated rings. The van der Waals surface area contributed by atoms with Crippen LogP contribution in [0.1, 0.15) is 0 Å². The fourth-order valence-electron chi connectivity index (χ4n) is 2.10. The van der Waals surface area contributed by atoms with Crippen molar-refractivity contribution in [1.82, 2.24) is 9.62 Å². The van der Waals surface area contributed by atoms with E-state index in [2.05, 4.69) is 9.62 Å². The summed E-state index contributed by atoms with van der Waals surface area (Å²) in [5.74, 6) is 0.276. The van der Waals surface area contributed by atoms with Gasteiger partial charge in [0.1, 0.15) is 10.6 Å². The summed E-state index contributed by atoms with van der Waals surface area (Å²) in [6, 6.07) is 4.52. The Hall–Kier alpha value is -0.860. The lowest BCUT2D eigenvalue weighted by atomic mass is 10.3. The molecule has 1 saturated heterocycles. The third-order valence-electron chi connectivity index (χ3n) is 3.24. The molecule has 0 spiro atoms. The lowest BCUT2D eigenvalue weighted by Gasteiger charge is -2.26. The van der Waals surface area contributed by atoms with Crippen LogP contribution in [-0.4, -0.2) is 59.8 Å². The first-order chi connectivity index (χ1) is 10.0. The normalized spacial score (nSPS) is 16.9. The number of hydrogen-bond donors (Lipinski definition) is 1. The van der Waals surface area contributed by atoms with Gasteiger partial charge in [0.2, 0.25) is 10.0 Å². The monoisotopic (exact) mass is 334 g/mol. The molecule has 0 saturated carbocycles. The van der Waals surface area contributed by atoms with Gasteiger partial charge in [0.25, 0.3) is 0 Å². The van der Waals surface area contributed by atoms with E-state index in [1.54, 1.807) is 12.1 Å². The minimum absolute atomic E-state index is 0.0551. The van der Waals surface area contributed by atoms with Crippen LogP contribution in [0.15, 0.2) is 23.1 Å². The topological polar surface area (TPSA) is 67.9 Å². The van der Waals surface area contributed by atoms with Gasteiger partial charge < -0.3 is 9.47 Å². The molecule has 1 aliphatic heterocycles. The molecule has 0 amide bonds. The van der Waals surface area contributed by atoms with Gasteiger partial charge in [-0.3, -0.25) is 4.90 Å². The third-order valence-corrected chi connectivity index (χ3v) is 4.96. The molecule has 0 atom stereocenters. The van der Waals surface area contributed by atoms with E-state index in [4.69, 9.17) is 21.1 Å². The Kier molecular flexibility index (Phi) is 5.83. The molecule has 0 radical (unpaired) electrons. The zero-order valence-electron chi connectivity index (χ0n) is 11.8. The molecule has 1 N–H and O–H groups in total. The number of benzene rings is 1. The summed E-state index contributed by atoms with van der Waals surface area (Å²) in [4.78, 5) is 2.21. The molecule has 1 heterocycles. The zero-order chi connectivity index (χ0) is 15.3. The van der Waals surface area contributed by atoms with Crippen LogP contribution in [-0.2, 0) is 14.8 Å². The molecule has 6 nitrogen and oxygen atoms in total. The first-order valence-corrected chi connectivity index (χ1v) is 8.52. The summed E-state index contributed by atoms with van der Waals surface area (Å²) in [7, 11) is -2.22. The van der Waals surface area contributed by atoms with Crippen molar-refractivity contribution in [3.05, 3.63) is 23.2 Å². The van der Waals surface area contributed by atoms with Gasteiger partial charge in [-0.1, -0.05) is 11.6 Å². The molecule has 118 valence electrons. The van der Waals surface area contributed by atoms with Crippen LogP contribution in [0.25, 0.3) is 0 Å². The molecule has 1 aromatic rings. The van der Waals surface area contributed by atoms with Crippen molar-refractivity contribution in [1.29, 1.82) is 0 Å². The highest BCUT2D eigenvalue weighted by Crippen LogP contribution is 2.26. The smallest absolute Gasteiger partial charge is 0.244 e. The van der Waals surface area contributed by atoms with Gasteiger partial charge in [0.15, 0.2) is 0 Å². The fourth-order valence-corrected chi connectivity index (χ4v) is 3.55. The van der Waals surface area contributed by atoms with E-state index in [0.29, 0.717) is 31.3 Å². The number of ether oxygens (including phenoxy) is 2. The van der Waals surface area contributed by atoms with E-state index < -0.39 is 10.0 Å². The van der Waals surface area contributed by atoms with Crippen LogP contribution < -0.4 is 9.46 Å². The van der Waals surface area contributed by atoms with Gasteiger partial charge in [0.05, 0.1) is 20.3 Å². The molecule has 1 aromatic carbocycles. The molecule has 21 heavy (non-hydrogen) atoms. The second-order valence-electron chi connectivity index (χ2n) is 4.65. The van der Waals surface area contributed by atoms with Crippen molar-refractivity contribution >= 4 is 21.6 Å². The maximum Gasteiger partial charge on any atom is 0.244 e. The summed E-state index contributed by atoms with van der Waals surface area (Å²) in [5.41, 5.74) is 0. The second-order valence-corrected chi connectivity index (χ2v) is 6.82. The molecule has 8 heteroatoms. The van der Waals surface area contributed by atoms with Gasteiger partial charge >= 0.3 is 0 Å². The number of sulfonamides is 1. The minimum atomic E-state index is -3.64. The Balaban J connectivity index is 1.99. The van der Waals surface area contributed by atoms with Crippen molar-refractivity contribution < 1.29 is 17.9 Å². The molecule has 0 bridgehead atoms. The molecule has 0 aliphatic carbocycles. The lowest BCUT2D eigenvalue weighted by Crippen LogP contribution is -2.41. The maximum atomic E-state index is 12.3. The van der Waals surface area contributed by atoms with Gasteiger partial charge in [-0.05, 0) is 18.2 Å². The molecular weight excluding hydrogens is 316 g/mol. The Labute approximate surface area is 130 Å². The highest BCUT2D eigenvalue weighted by atomic mass is 35.5. The maximum absolute atomic E-state index is 12.3. The van der Waals surface area contributed by atoms with Gasteiger partial charge in [-0.2, -0.15) is 0 Å². The number of halogens is 1. The average Bonchev–Trinajstić information content (AvgIpc) is 2.48. The van der Waals surface area contributed by atoms with Crippen LogP contribution in [0.2, 0.25) is 5.02 Å². The van der Waals surface area contributed by atoms with Crippen molar-refractivity contribution in [2.24, 2.45) is 0 Å². The number of methoxy groups -OCH3 is 1. The molecule has 0 unspecified atom stereocenters. The largest absolute Gasteiger partial charge is 0.495 e. The molecular formula is C13H19ClN2O4S. The van der Waals surface area contributed by atoms with E-state index in [1.165, 1.54) is 13.2 Å².